The average Bonchev–Trinajstić information content (AvgIpc) is 2.92. The molecule has 0 saturated carbocycles. The molecule has 0 aliphatic rings. The van der Waals surface area contributed by atoms with Crippen molar-refractivity contribution >= 4 is 33.6 Å². The number of amides is 1. The molecule has 1 amide bonds. The lowest BCUT2D eigenvalue weighted by molar-refractivity contribution is -0.118. The van der Waals surface area contributed by atoms with E-state index in [9.17, 15) is 4.79 Å². The number of nitrogens with zero attached hydrogens (tertiary/aromatic N) is 2. The van der Waals surface area contributed by atoms with Crippen LogP contribution in [-0.2, 0) is 4.79 Å². The molecule has 0 unspecified atom stereocenters. The van der Waals surface area contributed by atoms with Crippen molar-refractivity contribution in [2.75, 3.05) is 12.3 Å². The fraction of sp³-hybridized carbons (Fsp3) is 0.154. The monoisotopic (exact) mass is 351 g/mol. The number of carbonyl (C=O) groups excluding carboxylic acids is 1. The van der Waals surface area contributed by atoms with E-state index in [0.717, 1.165) is 10.0 Å². The molecular formula is C13H10BrN3O2S. The molecule has 102 valence electrons. The maximum absolute atomic E-state index is 11.4. The second kappa shape index (κ2) is 7.12. The minimum absolute atomic E-state index is 0.171. The number of hydrogen-bond acceptors (Lipinski definition) is 5. The van der Waals surface area contributed by atoms with E-state index in [-0.39, 0.29) is 18.2 Å². The Hall–Kier alpha value is -1.78. The average molecular weight is 352 g/mol. The second-order valence-electron chi connectivity index (χ2n) is 3.65. The number of aromatic nitrogens is 2. The molecule has 20 heavy (non-hydrogen) atoms. The van der Waals surface area contributed by atoms with Crippen LogP contribution in [-0.4, -0.2) is 28.4 Å². The third-order valence-corrected chi connectivity index (χ3v) is 3.50. The van der Waals surface area contributed by atoms with Gasteiger partial charge in [-0.25, -0.2) is 0 Å². The Bertz CT molecular complexity index is 651. The van der Waals surface area contributed by atoms with Gasteiger partial charge in [0.1, 0.15) is 0 Å². The number of thioether (sulfide) groups is 1. The van der Waals surface area contributed by atoms with Gasteiger partial charge in [-0.15, -0.1) is 16.6 Å². The largest absolute Gasteiger partial charge is 0.411 e. The summed E-state index contributed by atoms with van der Waals surface area (Å²) in [4.78, 5) is 11.4. The predicted molar refractivity (Wildman–Crippen MR) is 80.0 cm³/mol. The van der Waals surface area contributed by atoms with Crippen LogP contribution >= 0.6 is 27.7 Å². The minimum Gasteiger partial charge on any atom is -0.411 e. The van der Waals surface area contributed by atoms with Crippen molar-refractivity contribution in [2.45, 2.75) is 5.22 Å². The molecule has 1 aromatic heterocycles. The van der Waals surface area contributed by atoms with Crippen molar-refractivity contribution in [1.29, 1.82) is 0 Å². The summed E-state index contributed by atoms with van der Waals surface area (Å²) in [5.41, 5.74) is 0.815. The first-order chi connectivity index (χ1) is 9.69. The van der Waals surface area contributed by atoms with Crippen LogP contribution in [0, 0.1) is 12.3 Å². The van der Waals surface area contributed by atoms with Crippen molar-refractivity contribution in [1.82, 2.24) is 15.5 Å². The van der Waals surface area contributed by atoms with E-state index in [4.69, 9.17) is 10.8 Å². The number of rotatable bonds is 5. The van der Waals surface area contributed by atoms with Gasteiger partial charge in [0.2, 0.25) is 11.8 Å². The quantitative estimate of drug-likeness (QED) is 0.661. The van der Waals surface area contributed by atoms with Crippen molar-refractivity contribution in [2.24, 2.45) is 0 Å². The summed E-state index contributed by atoms with van der Waals surface area (Å²) < 4.78 is 6.41. The number of carbonyl (C=O) groups is 1. The van der Waals surface area contributed by atoms with E-state index >= 15 is 0 Å². The maximum Gasteiger partial charge on any atom is 0.277 e. The molecule has 0 radical (unpaired) electrons. The lowest BCUT2D eigenvalue weighted by Gasteiger charge is -1.98. The zero-order chi connectivity index (χ0) is 14.4. The first kappa shape index (κ1) is 14.6. The Morgan fingerprint density at radius 3 is 3.10 bits per heavy atom. The summed E-state index contributed by atoms with van der Waals surface area (Å²) in [5.74, 6) is 2.76. The highest BCUT2D eigenvalue weighted by molar-refractivity contribution is 9.10. The predicted octanol–water partition coefficient (Wildman–Crippen LogP) is 2.34. The van der Waals surface area contributed by atoms with Crippen LogP contribution in [0.1, 0.15) is 0 Å². The molecule has 0 bridgehead atoms. The molecule has 7 heteroatoms. The van der Waals surface area contributed by atoms with Gasteiger partial charge in [-0.05, 0) is 18.2 Å². The third kappa shape index (κ3) is 4.11. The van der Waals surface area contributed by atoms with E-state index in [1.807, 2.05) is 24.3 Å². The van der Waals surface area contributed by atoms with Gasteiger partial charge in [-0.1, -0.05) is 39.7 Å². The molecule has 0 atom stereocenters. The van der Waals surface area contributed by atoms with Gasteiger partial charge >= 0.3 is 0 Å². The summed E-state index contributed by atoms with van der Waals surface area (Å²) >= 11 is 4.54. The summed E-state index contributed by atoms with van der Waals surface area (Å²) in [7, 11) is 0. The molecule has 2 rings (SSSR count). The van der Waals surface area contributed by atoms with Crippen LogP contribution in [0.4, 0.5) is 0 Å². The number of hydrogen-bond donors (Lipinski definition) is 1. The zero-order valence-corrected chi connectivity index (χ0v) is 12.7. The fourth-order valence-corrected chi connectivity index (χ4v) is 2.33. The van der Waals surface area contributed by atoms with Gasteiger partial charge in [0.25, 0.3) is 5.22 Å². The van der Waals surface area contributed by atoms with Gasteiger partial charge in [-0.3, -0.25) is 4.79 Å². The molecule has 1 aromatic carbocycles. The highest BCUT2D eigenvalue weighted by atomic mass is 79.9. The van der Waals surface area contributed by atoms with E-state index < -0.39 is 0 Å². The Balaban J connectivity index is 1.96. The normalized spacial score (nSPS) is 10.0. The Labute approximate surface area is 128 Å². The van der Waals surface area contributed by atoms with Gasteiger partial charge in [0.15, 0.2) is 0 Å². The first-order valence-electron chi connectivity index (χ1n) is 5.61. The van der Waals surface area contributed by atoms with E-state index in [1.54, 1.807) is 0 Å². The van der Waals surface area contributed by atoms with Crippen LogP contribution in [0.3, 0.4) is 0 Å². The Kier molecular flexibility index (Phi) is 5.21. The summed E-state index contributed by atoms with van der Waals surface area (Å²) in [6.45, 7) is 0.215. The second-order valence-corrected chi connectivity index (χ2v) is 5.50. The van der Waals surface area contributed by atoms with Gasteiger partial charge < -0.3 is 9.73 Å². The molecule has 5 nitrogen and oxygen atoms in total. The first-order valence-corrected chi connectivity index (χ1v) is 7.39. The molecule has 0 fully saturated rings. The van der Waals surface area contributed by atoms with Crippen LogP contribution in [0.15, 0.2) is 38.4 Å². The minimum atomic E-state index is -0.171. The fourth-order valence-electron chi connectivity index (χ4n) is 1.33. The summed E-state index contributed by atoms with van der Waals surface area (Å²) in [5, 5.41) is 10.7. The molecule has 0 saturated heterocycles. The molecule has 1 heterocycles. The third-order valence-electron chi connectivity index (χ3n) is 2.19. The number of terminal acetylenes is 1. The highest BCUT2D eigenvalue weighted by Crippen LogP contribution is 2.25. The maximum atomic E-state index is 11.4. The van der Waals surface area contributed by atoms with E-state index in [0.29, 0.717) is 11.1 Å². The van der Waals surface area contributed by atoms with Crippen LogP contribution in [0.2, 0.25) is 0 Å². The standard InChI is InChI=1S/C13H10BrN3O2S/c1-2-6-15-11(18)8-20-13-17-16-12(19-13)9-4-3-5-10(14)7-9/h1,3-5,7H,6,8H2,(H,15,18). The molecule has 0 aliphatic carbocycles. The van der Waals surface area contributed by atoms with E-state index in [1.165, 1.54) is 11.8 Å². The summed E-state index contributed by atoms with van der Waals surface area (Å²) in [6.07, 6.45) is 5.05. The zero-order valence-electron chi connectivity index (χ0n) is 10.3. The van der Waals surface area contributed by atoms with Crippen molar-refractivity contribution < 1.29 is 9.21 Å². The molecular weight excluding hydrogens is 342 g/mol. The van der Waals surface area contributed by atoms with Gasteiger partial charge in [-0.2, -0.15) is 0 Å². The van der Waals surface area contributed by atoms with Gasteiger partial charge in [0.05, 0.1) is 12.3 Å². The highest BCUT2D eigenvalue weighted by Gasteiger charge is 2.11. The lowest BCUT2D eigenvalue weighted by Crippen LogP contribution is -2.25. The smallest absolute Gasteiger partial charge is 0.277 e. The van der Waals surface area contributed by atoms with Crippen LogP contribution in [0.25, 0.3) is 11.5 Å². The summed E-state index contributed by atoms with van der Waals surface area (Å²) in [6, 6.07) is 7.53. The topological polar surface area (TPSA) is 68.0 Å². The SMILES string of the molecule is C#CCNC(=O)CSc1nnc(-c2cccc(Br)c2)o1. The lowest BCUT2D eigenvalue weighted by atomic mass is 10.2. The molecule has 0 aliphatic heterocycles. The molecule has 1 N–H and O–H groups in total. The molecule has 2 aromatic rings. The number of benzene rings is 1. The van der Waals surface area contributed by atoms with Crippen molar-refractivity contribution in [3.05, 3.63) is 28.7 Å². The van der Waals surface area contributed by atoms with Gasteiger partial charge in [0, 0.05) is 10.0 Å². The van der Waals surface area contributed by atoms with Crippen LogP contribution < -0.4 is 5.32 Å². The van der Waals surface area contributed by atoms with Crippen LogP contribution in [0.5, 0.6) is 0 Å². The Morgan fingerprint density at radius 1 is 1.50 bits per heavy atom. The number of nitrogens with one attached hydrogen (secondary N) is 1. The number of halogens is 1. The van der Waals surface area contributed by atoms with Crippen molar-refractivity contribution in [3.63, 3.8) is 0 Å². The molecule has 0 spiro atoms. The van der Waals surface area contributed by atoms with Crippen molar-refractivity contribution in [3.8, 4) is 23.8 Å². The Morgan fingerprint density at radius 2 is 2.35 bits per heavy atom. The van der Waals surface area contributed by atoms with E-state index in [2.05, 4.69) is 37.4 Å².